The number of aromatic carboxylic acids is 1. The van der Waals surface area contributed by atoms with Crippen molar-refractivity contribution in [3.63, 3.8) is 0 Å². The number of hydrogen-bond acceptors (Lipinski definition) is 4. The number of aryl methyl sites for hydroxylation is 1. The van der Waals surface area contributed by atoms with Crippen LogP contribution in [0.15, 0.2) is 12.1 Å². The highest BCUT2D eigenvalue weighted by Crippen LogP contribution is 2.22. The molecule has 2 rings (SSSR count). The molecule has 18 heavy (non-hydrogen) atoms. The molecule has 1 saturated heterocycles. The number of hydrogen-bond donors (Lipinski definition) is 2. The van der Waals surface area contributed by atoms with Crippen molar-refractivity contribution >= 4 is 11.8 Å². The lowest BCUT2D eigenvalue weighted by molar-refractivity contribution is 0.0695. The standard InChI is InChI=1S/C13H18N2O3/c1-8-5-6-15(7-11(8)16)12-4-3-10(13(17)18)9(2)14-12/h3-4,8,11,16H,5-7H2,1-2H3,(H,17,18). The molecule has 2 atom stereocenters. The first-order valence-corrected chi connectivity index (χ1v) is 6.13. The average Bonchev–Trinajstić information content (AvgIpc) is 2.32. The maximum atomic E-state index is 10.9. The molecule has 1 aliphatic rings. The van der Waals surface area contributed by atoms with Crippen molar-refractivity contribution in [2.45, 2.75) is 26.4 Å². The first kappa shape index (κ1) is 12.8. The van der Waals surface area contributed by atoms with Crippen LogP contribution in [0, 0.1) is 12.8 Å². The maximum absolute atomic E-state index is 10.9. The molecule has 0 bridgehead atoms. The summed E-state index contributed by atoms with van der Waals surface area (Å²) in [5.74, 6) is 0.0861. The van der Waals surface area contributed by atoms with E-state index >= 15 is 0 Å². The second-order valence-corrected chi connectivity index (χ2v) is 4.89. The quantitative estimate of drug-likeness (QED) is 0.827. The number of aromatic nitrogens is 1. The Morgan fingerprint density at radius 2 is 2.22 bits per heavy atom. The lowest BCUT2D eigenvalue weighted by Crippen LogP contribution is -2.43. The highest BCUT2D eigenvalue weighted by Gasteiger charge is 2.25. The Balaban J connectivity index is 2.19. The fourth-order valence-electron chi connectivity index (χ4n) is 2.21. The van der Waals surface area contributed by atoms with Crippen molar-refractivity contribution in [3.8, 4) is 0 Å². The van der Waals surface area contributed by atoms with E-state index in [9.17, 15) is 9.90 Å². The van der Waals surface area contributed by atoms with Crippen LogP contribution in [0.3, 0.4) is 0 Å². The summed E-state index contributed by atoms with van der Waals surface area (Å²) in [5, 5.41) is 18.8. The van der Waals surface area contributed by atoms with Crippen LogP contribution in [0.4, 0.5) is 5.82 Å². The number of nitrogens with zero attached hydrogens (tertiary/aromatic N) is 2. The molecule has 5 heteroatoms. The fourth-order valence-corrected chi connectivity index (χ4v) is 2.21. The molecule has 1 aromatic heterocycles. The summed E-state index contributed by atoms with van der Waals surface area (Å²) < 4.78 is 0. The highest BCUT2D eigenvalue weighted by atomic mass is 16.4. The van der Waals surface area contributed by atoms with Gasteiger partial charge in [-0.15, -0.1) is 0 Å². The molecule has 98 valence electrons. The zero-order valence-electron chi connectivity index (χ0n) is 10.6. The average molecular weight is 250 g/mol. The Morgan fingerprint density at radius 1 is 1.50 bits per heavy atom. The van der Waals surface area contributed by atoms with E-state index in [1.54, 1.807) is 19.1 Å². The fraction of sp³-hybridized carbons (Fsp3) is 0.538. The summed E-state index contributed by atoms with van der Waals surface area (Å²) in [7, 11) is 0. The van der Waals surface area contributed by atoms with E-state index in [-0.39, 0.29) is 11.7 Å². The molecule has 2 unspecified atom stereocenters. The van der Waals surface area contributed by atoms with E-state index in [0.29, 0.717) is 18.2 Å². The molecule has 0 aromatic carbocycles. The SMILES string of the molecule is Cc1nc(N2CCC(C)C(O)C2)ccc1C(=O)O. The first-order chi connectivity index (χ1) is 8.49. The molecule has 1 aliphatic heterocycles. The molecule has 0 spiro atoms. The van der Waals surface area contributed by atoms with Gasteiger partial charge in [-0.2, -0.15) is 0 Å². The first-order valence-electron chi connectivity index (χ1n) is 6.13. The van der Waals surface area contributed by atoms with E-state index < -0.39 is 5.97 Å². The predicted octanol–water partition coefficient (Wildman–Crippen LogP) is 1.30. The van der Waals surface area contributed by atoms with Crippen molar-refractivity contribution in [1.29, 1.82) is 0 Å². The minimum atomic E-state index is -0.959. The summed E-state index contributed by atoms with van der Waals surface area (Å²) in [4.78, 5) is 17.2. The Kier molecular flexibility index (Phi) is 3.52. The monoisotopic (exact) mass is 250 g/mol. The molecule has 1 fully saturated rings. The van der Waals surface area contributed by atoms with Crippen LogP contribution in [0.25, 0.3) is 0 Å². The van der Waals surface area contributed by atoms with Gasteiger partial charge in [0.05, 0.1) is 17.4 Å². The van der Waals surface area contributed by atoms with Gasteiger partial charge in [0.1, 0.15) is 5.82 Å². The van der Waals surface area contributed by atoms with E-state index in [1.165, 1.54) is 0 Å². The number of β-amino-alcohol motifs (C(OH)–C–C–N with tert-alkyl or cyclic N) is 1. The van der Waals surface area contributed by atoms with Gasteiger partial charge in [0.15, 0.2) is 0 Å². The van der Waals surface area contributed by atoms with Gasteiger partial charge in [-0.05, 0) is 31.4 Å². The number of carbonyl (C=O) groups is 1. The lowest BCUT2D eigenvalue weighted by Gasteiger charge is -2.35. The zero-order chi connectivity index (χ0) is 13.3. The summed E-state index contributed by atoms with van der Waals surface area (Å²) in [5.41, 5.74) is 0.734. The number of anilines is 1. The number of carboxylic acids is 1. The van der Waals surface area contributed by atoms with Crippen LogP contribution in [-0.4, -0.2) is 40.4 Å². The van der Waals surface area contributed by atoms with Crippen molar-refractivity contribution in [1.82, 2.24) is 4.98 Å². The smallest absolute Gasteiger partial charge is 0.337 e. The molecular weight excluding hydrogens is 232 g/mol. The molecule has 0 amide bonds. The number of pyridine rings is 1. The second kappa shape index (κ2) is 4.94. The number of rotatable bonds is 2. The molecule has 0 aliphatic carbocycles. The Bertz CT molecular complexity index is 462. The van der Waals surface area contributed by atoms with E-state index in [1.807, 2.05) is 11.8 Å². The second-order valence-electron chi connectivity index (χ2n) is 4.89. The van der Waals surface area contributed by atoms with Gasteiger partial charge >= 0.3 is 5.97 Å². The predicted molar refractivity (Wildman–Crippen MR) is 67.9 cm³/mol. The van der Waals surface area contributed by atoms with Crippen molar-refractivity contribution < 1.29 is 15.0 Å². The van der Waals surface area contributed by atoms with Crippen LogP contribution in [0.1, 0.15) is 29.4 Å². The zero-order valence-corrected chi connectivity index (χ0v) is 10.6. The van der Waals surface area contributed by atoms with Gasteiger partial charge in [0.25, 0.3) is 0 Å². The Hall–Kier alpha value is -1.62. The van der Waals surface area contributed by atoms with Crippen molar-refractivity contribution in [3.05, 3.63) is 23.4 Å². The molecule has 2 N–H and O–H groups in total. The number of carboxylic acid groups (broad SMARTS) is 1. The van der Waals surface area contributed by atoms with Gasteiger partial charge in [0, 0.05) is 13.1 Å². The van der Waals surface area contributed by atoms with Gasteiger partial charge < -0.3 is 15.1 Å². The van der Waals surface area contributed by atoms with E-state index in [4.69, 9.17) is 5.11 Å². The normalized spacial score (nSPS) is 24.1. The van der Waals surface area contributed by atoms with Crippen LogP contribution in [0.5, 0.6) is 0 Å². The van der Waals surface area contributed by atoms with Crippen molar-refractivity contribution in [2.75, 3.05) is 18.0 Å². The summed E-state index contributed by atoms with van der Waals surface area (Å²) in [6, 6.07) is 3.28. The number of piperidine rings is 1. The minimum absolute atomic E-state index is 0.227. The third-order valence-electron chi connectivity index (χ3n) is 3.54. The molecule has 0 radical (unpaired) electrons. The van der Waals surface area contributed by atoms with Crippen molar-refractivity contribution in [2.24, 2.45) is 5.92 Å². The molecule has 5 nitrogen and oxygen atoms in total. The van der Waals surface area contributed by atoms with Crippen LogP contribution >= 0.6 is 0 Å². The Morgan fingerprint density at radius 3 is 2.78 bits per heavy atom. The third kappa shape index (κ3) is 2.46. The molecule has 1 aromatic rings. The largest absolute Gasteiger partial charge is 0.478 e. The maximum Gasteiger partial charge on any atom is 0.337 e. The summed E-state index contributed by atoms with van der Waals surface area (Å²) in [6.45, 7) is 5.13. The highest BCUT2D eigenvalue weighted by molar-refractivity contribution is 5.89. The lowest BCUT2D eigenvalue weighted by atomic mass is 9.96. The minimum Gasteiger partial charge on any atom is -0.478 e. The van der Waals surface area contributed by atoms with Gasteiger partial charge in [-0.3, -0.25) is 0 Å². The molecule has 0 saturated carbocycles. The third-order valence-corrected chi connectivity index (χ3v) is 3.54. The topological polar surface area (TPSA) is 73.7 Å². The van der Waals surface area contributed by atoms with Gasteiger partial charge in [-0.1, -0.05) is 6.92 Å². The number of aliphatic hydroxyl groups excluding tert-OH is 1. The Labute approximate surface area is 106 Å². The van der Waals surface area contributed by atoms with Crippen LogP contribution in [0.2, 0.25) is 0 Å². The van der Waals surface area contributed by atoms with Crippen LogP contribution in [-0.2, 0) is 0 Å². The van der Waals surface area contributed by atoms with E-state index in [0.717, 1.165) is 18.8 Å². The number of aliphatic hydroxyl groups is 1. The van der Waals surface area contributed by atoms with E-state index in [2.05, 4.69) is 4.98 Å². The summed E-state index contributed by atoms with van der Waals surface area (Å²) in [6.07, 6.45) is 0.572. The van der Waals surface area contributed by atoms with Gasteiger partial charge in [0.2, 0.25) is 0 Å². The molecule has 2 heterocycles. The van der Waals surface area contributed by atoms with Crippen LogP contribution < -0.4 is 4.90 Å². The summed E-state index contributed by atoms with van der Waals surface area (Å²) >= 11 is 0. The van der Waals surface area contributed by atoms with Gasteiger partial charge in [-0.25, -0.2) is 9.78 Å². The molecular formula is C13H18N2O3.